The maximum absolute atomic E-state index is 13.0. The molecule has 0 nitrogen and oxygen atoms in total. The Morgan fingerprint density at radius 2 is 2.18 bits per heavy atom. The molecule has 0 aliphatic rings. The third-order valence-electron chi connectivity index (χ3n) is 1.21. The Kier molecular flexibility index (Phi) is 3.64. The minimum absolute atomic E-state index is 0.162. The highest BCUT2D eigenvalue weighted by Gasteiger charge is 2.07. The van der Waals surface area contributed by atoms with Crippen LogP contribution in [0.4, 0.5) is 4.39 Å². The number of thioether (sulfide) groups is 1. The molecule has 1 aromatic carbocycles. The lowest BCUT2D eigenvalue weighted by Crippen LogP contribution is -1.84. The molecule has 0 bridgehead atoms. The van der Waals surface area contributed by atoms with E-state index in [0.717, 1.165) is 8.04 Å². The summed E-state index contributed by atoms with van der Waals surface area (Å²) in [6, 6.07) is 3.23. The van der Waals surface area contributed by atoms with Crippen molar-refractivity contribution in [2.75, 3.05) is 6.26 Å². The minimum Gasteiger partial charge on any atom is -0.206 e. The van der Waals surface area contributed by atoms with Gasteiger partial charge in [0.2, 0.25) is 0 Å². The predicted octanol–water partition coefficient (Wildman–Crippen LogP) is 3.91. The van der Waals surface area contributed by atoms with Gasteiger partial charge in [-0.3, -0.25) is 0 Å². The van der Waals surface area contributed by atoms with Gasteiger partial charge >= 0.3 is 0 Å². The van der Waals surface area contributed by atoms with Gasteiger partial charge < -0.3 is 0 Å². The lowest BCUT2D eigenvalue weighted by atomic mass is 10.3. The van der Waals surface area contributed by atoms with Crippen molar-refractivity contribution in [3.05, 3.63) is 26.0 Å². The first-order chi connectivity index (χ1) is 5.16. The van der Waals surface area contributed by atoms with Crippen molar-refractivity contribution in [3.63, 3.8) is 0 Å². The van der Waals surface area contributed by atoms with E-state index in [1.807, 2.05) is 6.26 Å². The van der Waals surface area contributed by atoms with Crippen LogP contribution in [0.3, 0.4) is 0 Å². The summed E-state index contributed by atoms with van der Waals surface area (Å²) in [5, 5.41) is 0. The van der Waals surface area contributed by atoms with Gasteiger partial charge in [0.1, 0.15) is 5.82 Å². The molecule has 0 fully saturated rings. The number of halogens is 3. The van der Waals surface area contributed by atoms with E-state index in [1.54, 1.807) is 6.07 Å². The summed E-state index contributed by atoms with van der Waals surface area (Å²) in [7, 11) is 0. The third kappa shape index (κ3) is 2.09. The minimum atomic E-state index is -0.162. The standard InChI is InChI=1S/C7H5BrFIS/c1-11-7-4(9)2-3-5(10)6(7)8/h2-3H,1H3. The van der Waals surface area contributed by atoms with Crippen molar-refractivity contribution in [2.45, 2.75) is 4.90 Å². The molecular formula is C7H5BrFIS. The Bertz CT molecular complexity index is 277. The summed E-state index contributed by atoms with van der Waals surface area (Å²) < 4.78 is 14.9. The van der Waals surface area contributed by atoms with Gasteiger partial charge in [0, 0.05) is 8.04 Å². The predicted molar refractivity (Wildman–Crippen MR) is 58.6 cm³/mol. The first kappa shape index (κ1) is 9.80. The van der Waals surface area contributed by atoms with E-state index < -0.39 is 0 Å². The number of benzene rings is 1. The molecule has 0 N–H and O–H groups in total. The van der Waals surface area contributed by atoms with Gasteiger partial charge in [-0.15, -0.1) is 11.8 Å². The Morgan fingerprint density at radius 1 is 1.55 bits per heavy atom. The smallest absolute Gasteiger partial charge is 0.137 e. The van der Waals surface area contributed by atoms with Crippen molar-refractivity contribution < 1.29 is 4.39 Å². The van der Waals surface area contributed by atoms with Crippen LogP contribution in [0.15, 0.2) is 21.5 Å². The molecule has 0 aromatic heterocycles. The second-order valence-corrected chi connectivity index (χ2v) is 4.65. The fraction of sp³-hybridized carbons (Fsp3) is 0.143. The van der Waals surface area contributed by atoms with E-state index in [0.29, 0.717) is 4.90 Å². The summed E-state index contributed by atoms with van der Waals surface area (Å²) in [4.78, 5) is 0.678. The fourth-order valence-corrected chi connectivity index (χ4v) is 2.69. The number of hydrogen-bond donors (Lipinski definition) is 0. The van der Waals surface area contributed by atoms with Crippen molar-refractivity contribution in [3.8, 4) is 0 Å². The highest BCUT2D eigenvalue weighted by molar-refractivity contribution is 14.1. The summed E-state index contributed by atoms with van der Waals surface area (Å²) in [6.45, 7) is 0. The Morgan fingerprint density at radius 3 is 2.64 bits per heavy atom. The van der Waals surface area contributed by atoms with E-state index in [4.69, 9.17) is 0 Å². The highest BCUT2D eigenvalue weighted by Crippen LogP contribution is 2.32. The van der Waals surface area contributed by atoms with Gasteiger partial charge in [-0.1, -0.05) is 0 Å². The molecule has 0 amide bonds. The van der Waals surface area contributed by atoms with Crippen LogP contribution in [0.2, 0.25) is 0 Å². The average molecular weight is 347 g/mol. The van der Waals surface area contributed by atoms with Crippen LogP contribution in [0, 0.1) is 9.39 Å². The van der Waals surface area contributed by atoms with Crippen molar-refractivity contribution >= 4 is 50.3 Å². The first-order valence-corrected chi connectivity index (χ1v) is 5.94. The molecule has 0 radical (unpaired) electrons. The summed E-state index contributed by atoms with van der Waals surface area (Å²) in [5.74, 6) is -0.162. The van der Waals surface area contributed by atoms with E-state index in [9.17, 15) is 4.39 Å². The van der Waals surface area contributed by atoms with E-state index in [-0.39, 0.29) is 5.82 Å². The summed E-state index contributed by atoms with van der Waals surface area (Å²) in [6.07, 6.45) is 1.86. The fourth-order valence-electron chi connectivity index (χ4n) is 0.696. The molecule has 0 heterocycles. The largest absolute Gasteiger partial charge is 0.206 e. The summed E-state index contributed by atoms with van der Waals surface area (Å²) >= 11 is 6.90. The lowest BCUT2D eigenvalue weighted by Gasteiger charge is -2.03. The Hall–Kier alpha value is 0.710. The molecule has 11 heavy (non-hydrogen) atoms. The maximum Gasteiger partial charge on any atom is 0.137 e. The van der Waals surface area contributed by atoms with Crippen LogP contribution in [-0.2, 0) is 0 Å². The second-order valence-electron chi connectivity index (χ2n) is 1.88. The first-order valence-electron chi connectivity index (χ1n) is 2.84. The molecule has 0 aliphatic carbocycles. The second kappa shape index (κ2) is 4.09. The van der Waals surface area contributed by atoms with Crippen LogP contribution in [-0.4, -0.2) is 6.26 Å². The Balaban J connectivity index is 3.29. The van der Waals surface area contributed by atoms with E-state index in [1.165, 1.54) is 17.8 Å². The zero-order valence-corrected chi connectivity index (χ0v) is 10.3. The molecule has 0 atom stereocenters. The topological polar surface area (TPSA) is 0 Å². The van der Waals surface area contributed by atoms with Gasteiger partial charge in [0.25, 0.3) is 0 Å². The van der Waals surface area contributed by atoms with Crippen LogP contribution < -0.4 is 0 Å². The molecule has 0 saturated carbocycles. The van der Waals surface area contributed by atoms with Crippen molar-refractivity contribution in [1.29, 1.82) is 0 Å². The lowest BCUT2D eigenvalue weighted by molar-refractivity contribution is 0.599. The van der Waals surface area contributed by atoms with Crippen LogP contribution in [0.5, 0.6) is 0 Å². The molecular weight excluding hydrogens is 342 g/mol. The average Bonchev–Trinajstić information content (AvgIpc) is 1.99. The molecule has 4 heteroatoms. The monoisotopic (exact) mass is 346 g/mol. The van der Waals surface area contributed by atoms with Gasteiger partial charge in [-0.05, 0) is 56.9 Å². The van der Waals surface area contributed by atoms with Crippen LogP contribution in [0.1, 0.15) is 0 Å². The normalized spacial score (nSPS) is 10.2. The van der Waals surface area contributed by atoms with E-state index >= 15 is 0 Å². The molecule has 0 spiro atoms. The van der Waals surface area contributed by atoms with Gasteiger partial charge in [-0.25, -0.2) is 4.39 Å². The van der Waals surface area contributed by atoms with Gasteiger partial charge in [0.15, 0.2) is 0 Å². The number of hydrogen-bond acceptors (Lipinski definition) is 1. The van der Waals surface area contributed by atoms with E-state index in [2.05, 4.69) is 38.5 Å². The zero-order valence-electron chi connectivity index (χ0n) is 5.70. The maximum atomic E-state index is 13.0. The van der Waals surface area contributed by atoms with Crippen LogP contribution >= 0.6 is 50.3 Å². The van der Waals surface area contributed by atoms with Crippen molar-refractivity contribution in [1.82, 2.24) is 0 Å². The molecule has 1 aromatic rings. The SMILES string of the molecule is CSc1c(F)ccc(I)c1Br. The quantitative estimate of drug-likeness (QED) is 0.422. The van der Waals surface area contributed by atoms with Gasteiger partial charge in [0.05, 0.1) is 4.90 Å². The number of rotatable bonds is 1. The highest BCUT2D eigenvalue weighted by atomic mass is 127. The molecule has 0 saturated heterocycles. The van der Waals surface area contributed by atoms with Crippen LogP contribution in [0.25, 0.3) is 0 Å². The zero-order chi connectivity index (χ0) is 8.43. The van der Waals surface area contributed by atoms with Gasteiger partial charge in [-0.2, -0.15) is 0 Å². The molecule has 1 rings (SSSR count). The molecule has 0 unspecified atom stereocenters. The molecule has 0 aliphatic heterocycles. The third-order valence-corrected chi connectivity index (χ3v) is 4.74. The Labute approximate surface area is 91.2 Å². The molecule has 60 valence electrons. The summed E-state index contributed by atoms with van der Waals surface area (Å²) in [5.41, 5.74) is 0. The van der Waals surface area contributed by atoms with Crippen molar-refractivity contribution in [2.24, 2.45) is 0 Å².